The van der Waals surface area contributed by atoms with Crippen LogP contribution in [0, 0.1) is 0 Å². The summed E-state index contributed by atoms with van der Waals surface area (Å²) < 4.78 is 10.7. The summed E-state index contributed by atoms with van der Waals surface area (Å²) in [5.41, 5.74) is 3.09. The van der Waals surface area contributed by atoms with Gasteiger partial charge in [0.1, 0.15) is 11.5 Å². The third-order valence-corrected chi connectivity index (χ3v) is 4.15. The quantitative estimate of drug-likeness (QED) is 0.564. The molecule has 0 heterocycles. The first-order chi connectivity index (χ1) is 13.2. The van der Waals surface area contributed by atoms with Gasteiger partial charge in [-0.25, -0.2) is 0 Å². The van der Waals surface area contributed by atoms with E-state index in [1.165, 1.54) is 0 Å². The van der Waals surface area contributed by atoms with E-state index in [0.717, 1.165) is 28.3 Å². The fraction of sp³-hybridized carbons (Fsp3) is 0.174. The third kappa shape index (κ3) is 5.61. The van der Waals surface area contributed by atoms with E-state index in [0.29, 0.717) is 19.4 Å². The Morgan fingerprint density at radius 2 is 1.44 bits per heavy atom. The van der Waals surface area contributed by atoms with E-state index in [-0.39, 0.29) is 5.91 Å². The molecule has 0 aliphatic carbocycles. The van der Waals surface area contributed by atoms with Gasteiger partial charge >= 0.3 is 0 Å². The predicted octanol–water partition coefficient (Wildman–Crippen LogP) is 5.16. The lowest BCUT2D eigenvalue weighted by Crippen LogP contribution is -2.12. The van der Waals surface area contributed by atoms with Crippen molar-refractivity contribution in [1.82, 2.24) is 0 Å². The fourth-order valence-electron chi connectivity index (χ4n) is 2.69. The first kappa shape index (κ1) is 18.5. The molecule has 0 aromatic heterocycles. The highest BCUT2D eigenvalue weighted by Gasteiger charge is 2.04. The van der Waals surface area contributed by atoms with Gasteiger partial charge < -0.3 is 14.8 Å². The van der Waals surface area contributed by atoms with Crippen LogP contribution in [0.4, 0.5) is 5.69 Å². The van der Waals surface area contributed by atoms with Gasteiger partial charge in [0.15, 0.2) is 0 Å². The highest BCUT2D eigenvalue weighted by Crippen LogP contribution is 2.21. The standard InChI is InChI=1S/C23H23NO3/c1-26-21-13-15-22(16-14-21)27-17-5-8-23(25)24-20-11-9-19(10-12-20)18-6-3-2-4-7-18/h2-4,6-7,9-16H,5,8,17H2,1H3,(H,24,25). The summed E-state index contributed by atoms with van der Waals surface area (Å²) in [7, 11) is 1.63. The van der Waals surface area contributed by atoms with Crippen LogP contribution in [0.25, 0.3) is 11.1 Å². The second-order valence-electron chi connectivity index (χ2n) is 6.12. The number of carbonyl (C=O) groups excluding carboxylic acids is 1. The summed E-state index contributed by atoms with van der Waals surface area (Å²) in [5.74, 6) is 1.55. The third-order valence-electron chi connectivity index (χ3n) is 4.15. The van der Waals surface area contributed by atoms with E-state index in [9.17, 15) is 4.79 Å². The Hall–Kier alpha value is -3.27. The molecule has 0 atom stereocenters. The zero-order valence-corrected chi connectivity index (χ0v) is 15.4. The molecule has 3 aromatic rings. The molecular weight excluding hydrogens is 338 g/mol. The first-order valence-electron chi connectivity index (χ1n) is 8.97. The van der Waals surface area contributed by atoms with Gasteiger partial charge in [-0.05, 0) is 53.9 Å². The van der Waals surface area contributed by atoms with Crippen LogP contribution in [0.1, 0.15) is 12.8 Å². The van der Waals surface area contributed by atoms with Crippen molar-refractivity contribution in [3.8, 4) is 22.6 Å². The van der Waals surface area contributed by atoms with Crippen LogP contribution in [0.3, 0.4) is 0 Å². The van der Waals surface area contributed by atoms with Crippen molar-refractivity contribution in [3.05, 3.63) is 78.9 Å². The zero-order valence-electron chi connectivity index (χ0n) is 15.4. The van der Waals surface area contributed by atoms with Gasteiger partial charge in [-0.2, -0.15) is 0 Å². The highest BCUT2D eigenvalue weighted by molar-refractivity contribution is 5.90. The fourth-order valence-corrected chi connectivity index (χ4v) is 2.69. The molecule has 0 spiro atoms. The molecule has 1 N–H and O–H groups in total. The molecule has 4 nitrogen and oxygen atoms in total. The SMILES string of the molecule is COc1ccc(OCCCC(=O)Nc2ccc(-c3ccccc3)cc2)cc1. The molecule has 3 rings (SSSR count). The van der Waals surface area contributed by atoms with Crippen molar-refractivity contribution in [2.75, 3.05) is 19.0 Å². The molecule has 0 saturated heterocycles. The molecule has 0 unspecified atom stereocenters. The molecule has 0 aliphatic heterocycles. The van der Waals surface area contributed by atoms with E-state index in [4.69, 9.17) is 9.47 Å². The molecule has 0 fully saturated rings. The largest absolute Gasteiger partial charge is 0.497 e. The van der Waals surface area contributed by atoms with Crippen molar-refractivity contribution >= 4 is 11.6 Å². The van der Waals surface area contributed by atoms with Crippen LogP contribution in [0.15, 0.2) is 78.9 Å². The van der Waals surface area contributed by atoms with Crippen molar-refractivity contribution in [2.45, 2.75) is 12.8 Å². The number of amides is 1. The molecular formula is C23H23NO3. The molecule has 138 valence electrons. The highest BCUT2D eigenvalue weighted by atomic mass is 16.5. The van der Waals surface area contributed by atoms with Gasteiger partial charge in [-0.15, -0.1) is 0 Å². The second-order valence-corrected chi connectivity index (χ2v) is 6.12. The Balaban J connectivity index is 1.41. The van der Waals surface area contributed by atoms with Crippen LogP contribution in [0.5, 0.6) is 11.5 Å². The number of benzene rings is 3. The maximum Gasteiger partial charge on any atom is 0.224 e. The van der Waals surface area contributed by atoms with Crippen molar-refractivity contribution in [2.24, 2.45) is 0 Å². The Kier molecular flexibility index (Phi) is 6.47. The Morgan fingerprint density at radius 1 is 0.815 bits per heavy atom. The van der Waals surface area contributed by atoms with Gasteiger partial charge in [-0.1, -0.05) is 42.5 Å². The minimum atomic E-state index is -0.0132. The number of anilines is 1. The maximum atomic E-state index is 12.1. The summed E-state index contributed by atoms with van der Waals surface area (Å²) in [6.45, 7) is 0.493. The number of hydrogen-bond donors (Lipinski definition) is 1. The number of nitrogens with one attached hydrogen (secondary N) is 1. The van der Waals surface area contributed by atoms with E-state index in [2.05, 4.69) is 17.4 Å². The smallest absolute Gasteiger partial charge is 0.224 e. The van der Waals surface area contributed by atoms with Crippen LogP contribution in [-0.4, -0.2) is 19.6 Å². The normalized spacial score (nSPS) is 10.3. The van der Waals surface area contributed by atoms with E-state index in [1.807, 2.05) is 66.7 Å². The molecule has 0 radical (unpaired) electrons. The average Bonchev–Trinajstić information content (AvgIpc) is 2.73. The molecule has 0 bridgehead atoms. The Labute approximate surface area is 159 Å². The van der Waals surface area contributed by atoms with E-state index >= 15 is 0 Å². The number of rotatable bonds is 8. The average molecular weight is 361 g/mol. The summed E-state index contributed by atoms with van der Waals surface area (Å²) in [6, 6.07) is 25.4. The predicted molar refractivity (Wildman–Crippen MR) is 108 cm³/mol. The molecule has 0 aliphatic rings. The lowest BCUT2D eigenvalue weighted by molar-refractivity contribution is -0.116. The summed E-state index contributed by atoms with van der Waals surface area (Å²) in [5, 5.41) is 2.92. The van der Waals surface area contributed by atoms with Gasteiger partial charge in [0.2, 0.25) is 5.91 Å². The summed E-state index contributed by atoms with van der Waals surface area (Å²) >= 11 is 0. The minimum Gasteiger partial charge on any atom is -0.497 e. The lowest BCUT2D eigenvalue weighted by Gasteiger charge is -2.08. The van der Waals surface area contributed by atoms with Crippen molar-refractivity contribution < 1.29 is 14.3 Å². The van der Waals surface area contributed by atoms with Gasteiger partial charge in [0, 0.05) is 12.1 Å². The number of ether oxygens (including phenoxy) is 2. The minimum absolute atomic E-state index is 0.0132. The number of methoxy groups -OCH3 is 1. The number of hydrogen-bond acceptors (Lipinski definition) is 3. The monoisotopic (exact) mass is 361 g/mol. The van der Waals surface area contributed by atoms with Gasteiger partial charge in [0.05, 0.1) is 13.7 Å². The summed E-state index contributed by atoms with van der Waals surface area (Å²) in [6.07, 6.45) is 1.07. The van der Waals surface area contributed by atoms with Crippen molar-refractivity contribution in [3.63, 3.8) is 0 Å². The van der Waals surface area contributed by atoms with Crippen LogP contribution in [-0.2, 0) is 4.79 Å². The van der Waals surface area contributed by atoms with Gasteiger partial charge in [0.25, 0.3) is 0 Å². The maximum absolute atomic E-state index is 12.1. The van der Waals surface area contributed by atoms with Crippen molar-refractivity contribution in [1.29, 1.82) is 0 Å². The second kappa shape index (κ2) is 9.43. The van der Waals surface area contributed by atoms with E-state index < -0.39 is 0 Å². The van der Waals surface area contributed by atoms with Crippen LogP contribution in [0.2, 0.25) is 0 Å². The Morgan fingerprint density at radius 3 is 2.11 bits per heavy atom. The zero-order chi connectivity index (χ0) is 18.9. The topological polar surface area (TPSA) is 47.6 Å². The molecule has 4 heteroatoms. The first-order valence-corrected chi connectivity index (χ1v) is 8.97. The number of carbonyl (C=O) groups is 1. The van der Waals surface area contributed by atoms with E-state index in [1.54, 1.807) is 7.11 Å². The summed E-state index contributed by atoms with van der Waals surface area (Å²) in [4.78, 5) is 12.1. The van der Waals surface area contributed by atoms with Gasteiger partial charge in [-0.3, -0.25) is 4.79 Å². The molecule has 27 heavy (non-hydrogen) atoms. The van der Waals surface area contributed by atoms with Crippen LogP contribution < -0.4 is 14.8 Å². The molecule has 0 saturated carbocycles. The Bertz CT molecular complexity index is 843. The van der Waals surface area contributed by atoms with Crippen LogP contribution >= 0.6 is 0 Å². The molecule has 3 aromatic carbocycles. The lowest BCUT2D eigenvalue weighted by atomic mass is 10.1. The molecule has 1 amide bonds.